The SMILES string of the molecule is C/C(C=O)=C\[C@H](O)[C@H](C[C@@H](C)O)OS. The molecule has 0 spiro atoms. The second-order valence-electron chi connectivity index (χ2n) is 3.25. The van der Waals surface area contributed by atoms with Crippen molar-refractivity contribution in [3.63, 3.8) is 0 Å². The maximum atomic E-state index is 10.3. The summed E-state index contributed by atoms with van der Waals surface area (Å²) in [5.41, 5.74) is 0.415. The fourth-order valence-corrected chi connectivity index (χ4v) is 1.21. The van der Waals surface area contributed by atoms with Crippen molar-refractivity contribution in [3.05, 3.63) is 11.6 Å². The lowest BCUT2D eigenvalue weighted by Crippen LogP contribution is -2.28. The van der Waals surface area contributed by atoms with Crippen LogP contribution in [-0.4, -0.2) is 34.8 Å². The third-order valence-corrected chi connectivity index (χ3v) is 1.98. The molecule has 0 fully saturated rings. The number of hydrogen-bond donors (Lipinski definition) is 3. The van der Waals surface area contributed by atoms with Gasteiger partial charge in [0, 0.05) is 6.42 Å². The number of thiol groups is 1. The molecular weight excluding hydrogens is 204 g/mol. The molecule has 0 unspecified atom stereocenters. The second-order valence-corrected chi connectivity index (χ2v) is 3.46. The molecule has 0 aliphatic rings. The molecule has 0 radical (unpaired) electrons. The molecule has 14 heavy (non-hydrogen) atoms. The molecule has 0 aromatic rings. The first kappa shape index (κ1) is 13.6. The maximum Gasteiger partial charge on any atom is 0.145 e. The van der Waals surface area contributed by atoms with Gasteiger partial charge in [-0.1, -0.05) is 0 Å². The number of carbonyl (C=O) groups is 1. The normalized spacial score (nSPS) is 18.8. The second kappa shape index (κ2) is 7.00. The Bertz CT molecular complexity index is 203. The molecule has 0 heterocycles. The predicted octanol–water partition coefficient (Wildman–Crippen LogP) is 0.493. The first-order chi connectivity index (χ1) is 6.51. The van der Waals surface area contributed by atoms with Gasteiger partial charge in [-0.25, -0.2) is 0 Å². The highest BCUT2D eigenvalue weighted by Crippen LogP contribution is 2.11. The van der Waals surface area contributed by atoms with Gasteiger partial charge in [0.25, 0.3) is 0 Å². The Hall–Kier alpha value is -0.360. The lowest BCUT2D eigenvalue weighted by atomic mass is 10.1. The van der Waals surface area contributed by atoms with Gasteiger partial charge in [0.15, 0.2) is 0 Å². The van der Waals surface area contributed by atoms with Crippen molar-refractivity contribution in [1.29, 1.82) is 0 Å². The van der Waals surface area contributed by atoms with Crippen LogP contribution in [0, 0.1) is 0 Å². The molecule has 0 amide bonds. The molecule has 3 atom stereocenters. The van der Waals surface area contributed by atoms with E-state index in [4.69, 9.17) is 9.29 Å². The molecule has 0 aromatic carbocycles. The van der Waals surface area contributed by atoms with Crippen molar-refractivity contribution in [3.8, 4) is 0 Å². The van der Waals surface area contributed by atoms with Gasteiger partial charge < -0.3 is 14.4 Å². The molecule has 0 aliphatic carbocycles. The third kappa shape index (κ3) is 5.39. The number of aliphatic hydroxyl groups is 2. The van der Waals surface area contributed by atoms with E-state index in [1.54, 1.807) is 13.8 Å². The van der Waals surface area contributed by atoms with Gasteiger partial charge in [-0.2, -0.15) is 0 Å². The van der Waals surface area contributed by atoms with Crippen LogP contribution in [0.4, 0.5) is 0 Å². The van der Waals surface area contributed by atoms with Crippen molar-refractivity contribution in [1.82, 2.24) is 0 Å². The summed E-state index contributed by atoms with van der Waals surface area (Å²) >= 11 is 3.59. The largest absolute Gasteiger partial charge is 0.393 e. The standard InChI is InChI=1S/C9H16O4S/c1-6(5-10)3-8(12)9(13-14)4-7(2)11/h3,5,7-9,11-12,14H,4H2,1-2H3/b6-3+/t7-,8+,9+/m1/s1. The summed E-state index contributed by atoms with van der Waals surface area (Å²) in [5, 5.41) is 18.6. The van der Waals surface area contributed by atoms with Crippen LogP contribution >= 0.6 is 12.9 Å². The Morgan fingerprint density at radius 3 is 2.50 bits per heavy atom. The Morgan fingerprint density at radius 2 is 2.14 bits per heavy atom. The summed E-state index contributed by atoms with van der Waals surface area (Å²) in [5.74, 6) is 0. The monoisotopic (exact) mass is 220 g/mol. The summed E-state index contributed by atoms with van der Waals surface area (Å²) in [4.78, 5) is 10.3. The molecule has 5 heteroatoms. The summed E-state index contributed by atoms with van der Waals surface area (Å²) in [6.07, 6.45) is 0.123. The van der Waals surface area contributed by atoms with E-state index < -0.39 is 18.3 Å². The van der Waals surface area contributed by atoms with E-state index in [2.05, 4.69) is 12.9 Å². The Labute approximate surface area is 89.2 Å². The van der Waals surface area contributed by atoms with Gasteiger partial charge in [0.2, 0.25) is 0 Å². The third-order valence-electron chi connectivity index (χ3n) is 1.71. The van der Waals surface area contributed by atoms with Crippen LogP contribution in [0.1, 0.15) is 20.3 Å². The minimum Gasteiger partial charge on any atom is -0.393 e. The van der Waals surface area contributed by atoms with Crippen LogP contribution < -0.4 is 0 Å². The first-order valence-corrected chi connectivity index (χ1v) is 4.67. The number of aldehydes is 1. The van der Waals surface area contributed by atoms with Gasteiger partial charge in [0.1, 0.15) is 18.5 Å². The number of carbonyl (C=O) groups excluding carboxylic acids is 1. The zero-order chi connectivity index (χ0) is 11.1. The smallest absolute Gasteiger partial charge is 0.145 e. The predicted molar refractivity (Wildman–Crippen MR) is 56.0 cm³/mol. The topological polar surface area (TPSA) is 66.8 Å². The fraction of sp³-hybridized carbons (Fsp3) is 0.667. The molecular formula is C9H16O4S. The van der Waals surface area contributed by atoms with Gasteiger partial charge in [-0.15, -0.1) is 0 Å². The first-order valence-electron chi connectivity index (χ1n) is 4.31. The zero-order valence-corrected chi connectivity index (χ0v) is 9.15. The van der Waals surface area contributed by atoms with Crippen LogP contribution in [0.15, 0.2) is 11.6 Å². The van der Waals surface area contributed by atoms with Crippen molar-refractivity contribution >= 4 is 19.2 Å². The van der Waals surface area contributed by atoms with E-state index in [0.717, 1.165) is 0 Å². The van der Waals surface area contributed by atoms with Gasteiger partial charge in [-0.05, 0) is 38.4 Å². The summed E-state index contributed by atoms with van der Waals surface area (Å²) < 4.78 is 4.69. The van der Waals surface area contributed by atoms with Crippen molar-refractivity contribution in [2.24, 2.45) is 0 Å². The van der Waals surface area contributed by atoms with Crippen LogP contribution in [0.2, 0.25) is 0 Å². The molecule has 0 saturated heterocycles. The summed E-state index contributed by atoms with van der Waals surface area (Å²) in [6.45, 7) is 3.16. The van der Waals surface area contributed by atoms with E-state index >= 15 is 0 Å². The highest BCUT2D eigenvalue weighted by atomic mass is 32.1. The van der Waals surface area contributed by atoms with Gasteiger partial charge >= 0.3 is 0 Å². The van der Waals surface area contributed by atoms with Crippen molar-refractivity contribution in [2.75, 3.05) is 0 Å². The lowest BCUT2D eigenvalue weighted by molar-refractivity contribution is -0.104. The molecule has 2 N–H and O–H groups in total. The van der Waals surface area contributed by atoms with E-state index in [0.29, 0.717) is 11.9 Å². The number of aliphatic hydroxyl groups excluding tert-OH is 2. The van der Waals surface area contributed by atoms with E-state index in [-0.39, 0.29) is 6.42 Å². The minimum absolute atomic E-state index is 0.257. The molecule has 0 bridgehead atoms. The van der Waals surface area contributed by atoms with Gasteiger partial charge in [-0.3, -0.25) is 4.79 Å². The van der Waals surface area contributed by atoms with Crippen LogP contribution in [0.5, 0.6) is 0 Å². The average molecular weight is 220 g/mol. The number of rotatable bonds is 6. The Balaban J connectivity index is 4.30. The average Bonchev–Trinajstić information content (AvgIpc) is 2.13. The fourth-order valence-electron chi connectivity index (χ4n) is 0.997. The van der Waals surface area contributed by atoms with Gasteiger partial charge in [0.05, 0.1) is 6.10 Å². The van der Waals surface area contributed by atoms with Crippen molar-refractivity contribution in [2.45, 2.75) is 38.6 Å². The Kier molecular flexibility index (Phi) is 6.82. The van der Waals surface area contributed by atoms with E-state index in [1.807, 2.05) is 0 Å². The molecule has 0 saturated carbocycles. The van der Waals surface area contributed by atoms with Crippen LogP contribution in [0.3, 0.4) is 0 Å². The quantitative estimate of drug-likeness (QED) is 0.264. The molecule has 0 aliphatic heterocycles. The van der Waals surface area contributed by atoms with Crippen molar-refractivity contribution < 1.29 is 19.2 Å². The summed E-state index contributed by atoms with van der Waals surface area (Å²) in [7, 11) is 0. The summed E-state index contributed by atoms with van der Waals surface area (Å²) in [6, 6.07) is 0. The number of allylic oxidation sites excluding steroid dienone is 1. The molecule has 0 rings (SSSR count). The van der Waals surface area contributed by atoms with Crippen LogP contribution in [0.25, 0.3) is 0 Å². The zero-order valence-electron chi connectivity index (χ0n) is 8.25. The highest BCUT2D eigenvalue weighted by molar-refractivity contribution is 7.75. The minimum atomic E-state index is -0.938. The number of hydrogen-bond acceptors (Lipinski definition) is 5. The van der Waals surface area contributed by atoms with Crippen LogP contribution in [-0.2, 0) is 8.98 Å². The maximum absolute atomic E-state index is 10.3. The highest BCUT2D eigenvalue weighted by Gasteiger charge is 2.19. The molecule has 4 nitrogen and oxygen atoms in total. The Morgan fingerprint density at radius 1 is 1.57 bits per heavy atom. The van der Waals surface area contributed by atoms with E-state index in [9.17, 15) is 9.90 Å². The lowest BCUT2D eigenvalue weighted by Gasteiger charge is -2.19. The molecule has 82 valence electrons. The van der Waals surface area contributed by atoms with E-state index in [1.165, 1.54) is 6.08 Å². The molecule has 0 aromatic heterocycles.